The molecule has 2 heterocycles. The molecule has 3 rings (SSSR count). The maximum absolute atomic E-state index is 12.9. The summed E-state index contributed by atoms with van der Waals surface area (Å²) in [4.78, 5) is 27.7. The summed E-state index contributed by atoms with van der Waals surface area (Å²) in [5, 5.41) is 0. The summed E-state index contributed by atoms with van der Waals surface area (Å²) < 4.78 is 5.63. The zero-order valence-electron chi connectivity index (χ0n) is 19.7. The number of benzene rings is 1. The first-order valence-corrected chi connectivity index (χ1v) is 12.8. The third-order valence-corrected chi connectivity index (χ3v) is 7.18. The number of allylic oxidation sites excluding steroid dienone is 1. The van der Waals surface area contributed by atoms with Crippen molar-refractivity contribution < 1.29 is 14.3 Å². The Morgan fingerprint density at radius 3 is 2.22 bits per heavy atom. The van der Waals surface area contributed by atoms with Gasteiger partial charge in [-0.25, -0.2) is 4.79 Å². The van der Waals surface area contributed by atoms with Gasteiger partial charge in [0, 0.05) is 24.4 Å². The maximum Gasteiger partial charge on any atom is 0.410 e. The minimum Gasteiger partial charge on any atom is -0.445 e. The highest BCUT2D eigenvalue weighted by Gasteiger charge is 2.43. The summed E-state index contributed by atoms with van der Waals surface area (Å²) in [5.41, 5.74) is 1.01. The van der Waals surface area contributed by atoms with E-state index in [0.29, 0.717) is 18.8 Å². The van der Waals surface area contributed by atoms with Gasteiger partial charge in [-0.05, 0) is 56.9 Å². The van der Waals surface area contributed by atoms with Crippen LogP contribution in [-0.2, 0) is 16.1 Å². The number of ketones is 1. The molecule has 1 amide bonds. The van der Waals surface area contributed by atoms with Crippen molar-refractivity contribution in [2.45, 2.75) is 109 Å². The Bertz CT molecular complexity index is 703. The number of rotatable bonds is 13. The fraction of sp³-hybridized carbons (Fsp3) is 0.643. The van der Waals surface area contributed by atoms with Crippen LogP contribution in [0.3, 0.4) is 0 Å². The van der Waals surface area contributed by atoms with E-state index in [4.69, 9.17) is 4.74 Å². The highest BCUT2D eigenvalue weighted by atomic mass is 16.6. The fourth-order valence-electron chi connectivity index (χ4n) is 5.41. The van der Waals surface area contributed by atoms with Crippen molar-refractivity contribution in [2.24, 2.45) is 5.92 Å². The number of unbranched alkanes of at least 4 members (excludes halogenated alkanes) is 7. The van der Waals surface area contributed by atoms with Gasteiger partial charge in [-0.15, -0.1) is 6.58 Å². The monoisotopic (exact) mass is 439 g/mol. The number of fused-ring (bicyclic) bond motifs is 2. The minimum absolute atomic E-state index is 0.127. The number of amides is 1. The van der Waals surface area contributed by atoms with Crippen molar-refractivity contribution in [3.05, 3.63) is 48.6 Å². The van der Waals surface area contributed by atoms with Crippen LogP contribution in [0.2, 0.25) is 0 Å². The summed E-state index contributed by atoms with van der Waals surface area (Å²) in [6.45, 7) is 4.08. The van der Waals surface area contributed by atoms with Crippen LogP contribution in [-0.4, -0.2) is 28.9 Å². The predicted octanol–water partition coefficient (Wildman–Crippen LogP) is 7.22. The van der Waals surface area contributed by atoms with Crippen molar-refractivity contribution in [1.29, 1.82) is 0 Å². The highest BCUT2D eigenvalue weighted by Crippen LogP contribution is 2.38. The Kier molecular flexibility index (Phi) is 10.3. The largest absolute Gasteiger partial charge is 0.445 e. The van der Waals surface area contributed by atoms with Gasteiger partial charge in [0.2, 0.25) is 0 Å². The van der Waals surface area contributed by atoms with Crippen molar-refractivity contribution >= 4 is 11.9 Å². The van der Waals surface area contributed by atoms with E-state index in [1.807, 2.05) is 41.3 Å². The van der Waals surface area contributed by atoms with Crippen molar-refractivity contribution in [3.63, 3.8) is 0 Å². The molecular weight excluding hydrogens is 398 g/mol. The van der Waals surface area contributed by atoms with Crippen LogP contribution in [0, 0.1) is 5.92 Å². The quantitative estimate of drug-likeness (QED) is 0.241. The number of carbonyl (C=O) groups excluding carboxylic acids is 2. The minimum atomic E-state index is -0.206. The van der Waals surface area contributed by atoms with Crippen molar-refractivity contribution in [3.8, 4) is 0 Å². The van der Waals surface area contributed by atoms with E-state index in [2.05, 4.69) is 6.58 Å². The molecule has 2 aliphatic rings. The first kappa shape index (κ1) is 24.5. The molecular formula is C28H41NO3. The lowest BCUT2D eigenvalue weighted by Crippen LogP contribution is -2.55. The van der Waals surface area contributed by atoms with Crippen LogP contribution in [0.15, 0.2) is 43.0 Å². The molecule has 176 valence electrons. The van der Waals surface area contributed by atoms with Crippen LogP contribution < -0.4 is 0 Å². The van der Waals surface area contributed by atoms with E-state index < -0.39 is 0 Å². The molecule has 2 fully saturated rings. The standard InChI is InChI=1S/C28H41NO3/c1-2-3-4-5-6-7-8-9-13-19-27(30)24-20-25-17-14-18-26(21-24)29(25)28(31)32-22-23-15-11-10-12-16-23/h2,10-12,15-16,24-26H,1,3-9,13-14,17-22H2. The maximum atomic E-state index is 12.9. The SMILES string of the molecule is C=CCCCCCCCCCC(=O)C1CC2CCCC(C1)N2C(=O)OCc1ccccc1. The fourth-order valence-corrected chi connectivity index (χ4v) is 5.41. The van der Waals surface area contributed by atoms with E-state index in [1.54, 1.807) is 0 Å². The molecule has 2 bridgehead atoms. The second kappa shape index (κ2) is 13.4. The van der Waals surface area contributed by atoms with Crippen molar-refractivity contribution in [2.75, 3.05) is 0 Å². The second-order valence-electron chi connectivity index (χ2n) is 9.62. The third-order valence-electron chi connectivity index (χ3n) is 7.18. The molecule has 1 aromatic rings. The summed E-state index contributed by atoms with van der Waals surface area (Å²) >= 11 is 0. The molecule has 2 saturated heterocycles. The first-order chi connectivity index (χ1) is 15.7. The van der Waals surface area contributed by atoms with Gasteiger partial charge in [-0.2, -0.15) is 0 Å². The van der Waals surface area contributed by atoms with Gasteiger partial charge < -0.3 is 9.64 Å². The lowest BCUT2D eigenvalue weighted by Gasteiger charge is -2.47. The molecule has 0 aromatic heterocycles. The van der Waals surface area contributed by atoms with Gasteiger partial charge in [-0.1, -0.05) is 68.5 Å². The predicted molar refractivity (Wildman–Crippen MR) is 129 cm³/mol. The summed E-state index contributed by atoms with van der Waals surface area (Å²) in [5.74, 6) is 0.549. The van der Waals surface area contributed by atoms with Gasteiger partial charge in [0.1, 0.15) is 12.4 Å². The average Bonchev–Trinajstić information content (AvgIpc) is 2.81. The number of nitrogens with zero attached hydrogens (tertiary/aromatic N) is 1. The molecule has 0 saturated carbocycles. The summed E-state index contributed by atoms with van der Waals surface area (Å²) in [6, 6.07) is 10.1. The third kappa shape index (κ3) is 7.50. The molecule has 1 aromatic carbocycles. The molecule has 2 atom stereocenters. The van der Waals surface area contributed by atoms with Gasteiger partial charge in [0.15, 0.2) is 0 Å². The number of ether oxygens (including phenoxy) is 1. The topological polar surface area (TPSA) is 46.6 Å². The Labute approximate surface area is 194 Å². The van der Waals surface area contributed by atoms with Gasteiger partial charge >= 0.3 is 6.09 Å². The normalized spacial score (nSPS) is 22.4. The number of Topliss-reactive ketones (excluding diaryl/α,β-unsaturated/α-hetero) is 1. The lowest BCUT2D eigenvalue weighted by atomic mass is 9.76. The molecule has 2 unspecified atom stereocenters. The zero-order chi connectivity index (χ0) is 22.6. The molecule has 0 radical (unpaired) electrons. The molecule has 4 heteroatoms. The van der Waals surface area contributed by atoms with Crippen LogP contribution in [0.1, 0.15) is 95.5 Å². The first-order valence-electron chi connectivity index (χ1n) is 12.8. The van der Waals surface area contributed by atoms with E-state index in [0.717, 1.165) is 56.9 Å². The number of carbonyl (C=O) groups is 2. The van der Waals surface area contributed by atoms with Crippen LogP contribution in [0.25, 0.3) is 0 Å². The van der Waals surface area contributed by atoms with E-state index in [1.165, 1.54) is 32.1 Å². The summed E-state index contributed by atoms with van der Waals surface area (Å²) in [7, 11) is 0. The average molecular weight is 440 g/mol. The Hall–Kier alpha value is -2.10. The Morgan fingerprint density at radius 1 is 0.938 bits per heavy atom. The molecule has 4 nitrogen and oxygen atoms in total. The van der Waals surface area contributed by atoms with Crippen LogP contribution in [0.5, 0.6) is 0 Å². The molecule has 0 N–H and O–H groups in total. The molecule has 32 heavy (non-hydrogen) atoms. The number of hydrogen-bond donors (Lipinski definition) is 0. The zero-order valence-corrected chi connectivity index (χ0v) is 19.7. The highest BCUT2D eigenvalue weighted by molar-refractivity contribution is 5.81. The molecule has 0 aliphatic carbocycles. The lowest BCUT2D eigenvalue weighted by molar-refractivity contribution is -0.126. The van der Waals surface area contributed by atoms with E-state index >= 15 is 0 Å². The molecule has 2 aliphatic heterocycles. The smallest absolute Gasteiger partial charge is 0.410 e. The Morgan fingerprint density at radius 2 is 1.56 bits per heavy atom. The van der Waals surface area contributed by atoms with Crippen molar-refractivity contribution in [1.82, 2.24) is 4.90 Å². The van der Waals surface area contributed by atoms with Crippen LogP contribution >= 0.6 is 0 Å². The van der Waals surface area contributed by atoms with E-state index in [9.17, 15) is 9.59 Å². The molecule has 0 spiro atoms. The van der Waals surface area contributed by atoms with Gasteiger partial charge in [0.25, 0.3) is 0 Å². The summed E-state index contributed by atoms with van der Waals surface area (Å²) in [6.07, 6.45) is 16.9. The van der Waals surface area contributed by atoms with Crippen LogP contribution in [0.4, 0.5) is 4.79 Å². The number of piperidine rings is 2. The van der Waals surface area contributed by atoms with Gasteiger partial charge in [0.05, 0.1) is 0 Å². The van der Waals surface area contributed by atoms with E-state index in [-0.39, 0.29) is 24.1 Å². The second-order valence-corrected chi connectivity index (χ2v) is 9.62. The number of hydrogen-bond acceptors (Lipinski definition) is 3. The Balaban J connectivity index is 1.37. The van der Waals surface area contributed by atoms with Gasteiger partial charge in [-0.3, -0.25) is 4.79 Å².